The minimum Gasteiger partial charge on any atom is -0.358 e. The second-order valence-electron chi connectivity index (χ2n) is 11.3. The summed E-state index contributed by atoms with van der Waals surface area (Å²) in [4.78, 5) is 31.7. The van der Waals surface area contributed by atoms with Crippen molar-refractivity contribution >= 4 is 29.2 Å². The SMILES string of the molecule is CN(C)C(=O)c1ccc(N2CCC(C3CCC3)CC2)nc1Cl.CNC(=O)C(c1cccc(C2CC2)c1)C(F)(F)F. The molecule has 2 amide bonds. The average Bonchev–Trinajstić information content (AvgIpc) is 3.73. The molecule has 2 saturated carbocycles. The van der Waals surface area contributed by atoms with E-state index >= 15 is 0 Å². The van der Waals surface area contributed by atoms with Crippen LogP contribution in [0.3, 0.4) is 0 Å². The third kappa shape index (κ3) is 7.28. The Morgan fingerprint density at radius 1 is 1.02 bits per heavy atom. The quantitative estimate of drug-likeness (QED) is 0.402. The van der Waals surface area contributed by atoms with Crippen molar-refractivity contribution in [3.63, 3.8) is 0 Å². The van der Waals surface area contributed by atoms with Gasteiger partial charge in [-0.25, -0.2) is 4.98 Å². The molecule has 3 fully saturated rings. The highest BCUT2D eigenvalue weighted by molar-refractivity contribution is 6.32. The molecule has 1 atom stereocenters. The number of alkyl halides is 3. The summed E-state index contributed by atoms with van der Waals surface area (Å²) in [7, 11) is 4.65. The first kappa shape index (κ1) is 30.2. The van der Waals surface area contributed by atoms with Gasteiger partial charge in [-0.2, -0.15) is 13.2 Å². The Bertz CT molecular complexity index is 1190. The van der Waals surface area contributed by atoms with E-state index in [4.69, 9.17) is 11.6 Å². The Balaban J connectivity index is 0.000000189. The zero-order valence-electron chi connectivity index (χ0n) is 23.3. The van der Waals surface area contributed by atoms with Crippen molar-refractivity contribution in [1.82, 2.24) is 15.2 Å². The number of carbonyl (C=O) groups excluding carboxylic acids is 2. The van der Waals surface area contributed by atoms with E-state index in [2.05, 4.69) is 15.2 Å². The smallest absolute Gasteiger partial charge is 0.358 e. The van der Waals surface area contributed by atoms with Gasteiger partial charge in [-0.15, -0.1) is 0 Å². The second kappa shape index (κ2) is 12.8. The number of rotatable bonds is 6. The van der Waals surface area contributed by atoms with E-state index in [1.807, 2.05) is 12.1 Å². The van der Waals surface area contributed by atoms with Gasteiger partial charge in [-0.1, -0.05) is 55.1 Å². The number of hydrogen-bond acceptors (Lipinski definition) is 4. The summed E-state index contributed by atoms with van der Waals surface area (Å²) in [6.07, 6.45) is 4.24. The van der Waals surface area contributed by atoms with Crippen molar-refractivity contribution in [2.24, 2.45) is 11.8 Å². The Morgan fingerprint density at radius 3 is 2.17 bits per heavy atom. The predicted molar refractivity (Wildman–Crippen MR) is 151 cm³/mol. The van der Waals surface area contributed by atoms with Crippen molar-refractivity contribution < 1.29 is 22.8 Å². The van der Waals surface area contributed by atoms with E-state index < -0.39 is 18.0 Å². The molecule has 40 heavy (non-hydrogen) atoms. The number of carbonyl (C=O) groups is 2. The number of anilines is 1. The van der Waals surface area contributed by atoms with Gasteiger partial charge in [-0.05, 0) is 66.7 Å². The number of aromatic nitrogens is 1. The minimum absolute atomic E-state index is 0.0197. The molecule has 0 bridgehead atoms. The number of nitrogens with zero attached hydrogens (tertiary/aromatic N) is 3. The number of amides is 2. The van der Waals surface area contributed by atoms with Crippen LogP contribution in [0, 0.1) is 11.8 Å². The van der Waals surface area contributed by atoms with Crippen molar-refractivity contribution in [3.05, 3.63) is 58.2 Å². The summed E-state index contributed by atoms with van der Waals surface area (Å²) in [6.45, 7) is 2.09. The van der Waals surface area contributed by atoms with E-state index in [1.54, 1.807) is 26.2 Å². The molecule has 1 aromatic heterocycles. The van der Waals surface area contributed by atoms with E-state index in [9.17, 15) is 22.8 Å². The maximum absolute atomic E-state index is 12.9. The van der Waals surface area contributed by atoms with E-state index in [1.165, 1.54) is 56.2 Å². The first-order chi connectivity index (χ1) is 19.0. The fourth-order valence-corrected chi connectivity index (χ4v) is 5.79. The highest BCUT2D eigenvalue weighted by Gasteiger charge is 2.45. The van der Waals surface area contributed by atoms with Crippen LogP contribution >= 0.6 is 11.6 Å². The van der Waals surface area contributed by atoms with Crippen LogP contribution in [0.15, 0.2) is 36.4 Å². The van der Waals surface area contributed by atoms with E-state index in [-0.39, 0.29) is 11.5 Å². The lowest BCUT2D eigenvalue weighted by Crippen LogP contribution is -2.38. The molecule has 2 aliphatic carbocycles. The Morgan fingerprint density at radius 2 is 1.68 bits per heavy atom. The van der Waals surface area contributed by atoms with Gasteiger partial charge in [0.05, 0.1) is 5.56 Å². The van der Waals surface area contributed by atoms with Gasteiger partial charge in [0.1, 0.15) is 11.0 Å². The summed E-state index contributed by atoms with van der Waals surface area (Å²) < 4.78 is 38.8. The van der Waals surface area contributed by atoms with Crippen LogP contribution < -0.4 is 10.2 Å². The van der Waals surface area contributed by atoms with Gasteiger partial charge in [0.15, 0.2) is 5.92 Å². The molecule has 0 spiro atoms. The third-order valence-corrected chi connectivity index (χ3v) is 8.57. The van der Waals surface area contributed by atoms with Crippen molar-refractivity contribution in [2.75, 3.05) is 39.1 Å². The molecule has 1 aromatic carbocycles. The van der Waals surface area contributed by atoms with Crippen molar-refractivity contribution in [1.29, 1.82) is 0 Å². The van der Waals surface area contributed by atoms with Crippen LogP contribution in [0.4, 0.5) is 19.0 Å². The first-order valence-corrected chi connectivity index (χ1v) is 14.4. The van der Waals surface area contributed by atoms with Gasteiger partial charge < -0.3 is 15.1 Å². The first-order valence-electron chi connectivity index (χ1n) is 14.0. The van der Waals surface area contributed by atoms with E-state index in [0.29, 0.717) is 16.6 Å². The monoisotopic (exact) mass is 578 g/mol. The Labute approximate surface area is 239 Å². The molecule has 6 nitrogen and oxygen atoms in total. The van der Waals surface area contributed by atoms with Gasteiger partial charge in [0, 0.05) is 34.2 Å². The molecule has 3 aliphatic rings. The molecule has 10 heteroatoms. The molecular formula is C30H38ClF3N4O2. The number of benzene rings is 1. The van der Waals surface area contributed by atoms with Crippen LogP contribution in [0.25, 0.3) is 0 Å². The summed E-state index contributed by atoms with van der Waals surface area (Å²) in [5, 5.41) is 2.38. The second-order valence-corrected chi connectivity index (χ2v) is 11.6. The predicted octanol–water partition coefficient (Wildman–Crippen LogP) is 6.41. The van der Waals surface area contributed by atoms with E-state index in [0.717, 1.165) is 49.1 Å². The summed E-state index contributed by atoms with van der Waals surface area (Å²) in [5.41, 5.74) is 1.39. The zero-order valence-corrected chi connectivity index (χ0v) is 24.1. The highest BCUT2D eigenvalue weighted by atomic mass is 35.5. The number of hydrogen-bond donors (Lipinski definition) is 1. The summed E-state index contributed by atoms with van der Waals surface area (Å²) in [6, 6.07) is 9.99. The lowest BCUT2D eigenvalue weighted by atomic mass is 9.72. The molecule has 5 rings (SSSR count). The molecule has 1 saturated heterocycles. The maximum Gasteiger partial charge on any atom is 0.404 e. The number of piperidine rings is 1. The number of pyridine rings is 1. The summed E-state index contributed by atoms with van der Waals surface area (Å²) in [5.74, 6) is -0.0749. The molecule has 1 unspecified atom stereocenters. The van der Waals surface area contributed by atoms with Gasteiger partial charge in [0.25, 0.3) is 5.91 Å². The molecule has 1 aliphatic heterocycles. The van der Waals surface area contributed by atoms with Crippen LogP contribution in [-0.4, -0.2) is 62.1 Å². The number of nitrogens with one attached hydrogen (secondary N) is 1. The standard InChI is InChI=1S/C17H24ClN3O.C13H14F3NO/c1-20(2)17(22)14-6-7-15(19-16(14)18)21-10-8-13(9-11-21)12-4-3-5-12;1-17-12(18)11(13(14,15)16)10-4-2-3-9(7-10)8-5-6-8/h6-7,12-13H,3-5,8-11H2,1-2H3;2-4,7-8,11H,5-6H2,1H3,(H,17,18). The van der Waals surface area contributed by atoms with Crippen molar-refractivity contribution in [2.45, 2.75) is 63.0 Å². The fraction of sp³-hybridized carbons (Fsp3) is 0.567. The van der Waals surface area contributed by atoms with Gasteiger partial charge in [0.2, 0.25) is 5.91 Å². The Hall–Kier alpha value is -2.81. The number of likely N-dealkylation sites (N-methyl/N-ethyl adjacent to an activating group) is 1. The largest absolute Gasteiger partial charge is 0.404 e. The Kier molecular flexibility index (Phi) is 9.64. The molecule has 2 aromatic rings. The maximum atomic E-state index is 12.9. The van der Waals surface area contributed by atoms with Crippen LogP contribution in [0.5, 0.6) is 0 Å². The molecule has 218 valence electrons. The lowest BCUT2D eigenvalue weighted by Gasteiger charge is -2.40. The molecule has 2 heterocycles. The van der Waals surface area contributed by atoms with Crippen LogP contribution in [0.2, 0.25) is 5.15 Å². The topological polar surface area (TPSA) is 65.5 Å². The van der Waals surface area contributed by atoms with Gasteiger partial charge in [-0.3, -0.25) is 9.59 Å². The molecule has 0 radical (unpaired) electrons. The normalized spacial score (nSPS) is 18.7. The minimum atomic E-state index is -4.57. The lowest BCUT2D eigenvalue weighted by molar-refractivity contribution is -0.164. The number of halogens is 4. The van der Waals surface area contributed by atoms with Crippen LogP contribution in [0.1, 0.15) is 78.3 Å². The fourth-order valence-electron chi connectivity index (χ4n) is 5.55. The third-order valence-electron chi connectivity index (χ3n) is 8.28. The van der Waals surface area contributed by atoms with Crippen molar-refractivity contribution in [3.8, 4) is 0 Å². The average molecular weight is 579 g/mol. The molecule has 1 N–H and O–H groups in total. The molecular weight excluding hydrogens is 541 g/mol. The highest BCUT2D eigenvalue weighted by Crippen LogP contribution is 2.42. The van der Waals surface area contributed by atoms with Gasteiger partial charge >= 0.3 is 6.18 Å². The summed E-state index contributed by atoms with van der Waals surface area (Å²) >= 11 is 6.21. The zero-order chi connectivity index (χ0) is 29.0. The van der Waals surface area contributed by atoms with Crippen LogP contribution in [-0.2, 0) is 4.79 Å².